The van der Waals surface area contributed by atoms with E-state index in [1.807, 2.05) is 6.08 Å². The smallest absolute Gasteiger partial charge is 0.0967 e. The average Bonchev–Trinajstić information content (AvgIpc) is 1.63. The highest BCUT2D eigenvalue weighted by molar-refractivity contribution is 6.18. The summed E-state index contributed by atoms with van der Waals surface area (Å²) in [5.74, 6) is 0.625. The fraction of sp³-hybridized carbons (Fsp3) is 0.714. The molecule has 0 saturated carbocycles. The Bertz CT molecular complexity index is 96.3. The van der Waals surface area contributed by atoms with Gasteiger partial charge in [-0.15, -0.1) is 11.6 Å². The summed E-state index contributed by atoms with van der Waals surface area (Å²) in [7, 11) is 6.45. The van der Waals surface area contributed by atoms with Gasteiger partial charge in [0.2, 0.25) is 0 Å². The molecule has 0 aliphatic carbocycles. The first-order valence-electron chi connectivity index (χ1n) is 3.07. The molecule has 62 valence electrons. The van der Waals surface area contributed by atoms with E-state index in [1.165, 1.54) is 0 Å². The number of rotatable bonds is 3. The molecule has 0 fully saturated rings. The van der Waals surface area contributed by atoms with Crippen molar-refractivity contribution in [1.82, 2.24) is 0 Å². The van der Waals surface area contributed by atoms with Crippen molar-refractivity contribution < 1.29 is 21.5 Å². The molecule has 3 heteroatoms. The van der Waals surface area contributed by atoms with Crippen LogP contribution in [-0.4, -0.2) is 38.1 Å². The fourth-order valence-corrected chi connectivity index (χ4v) is 0.580. The van der Waals surface area contributed by atoms with Crippen molar-refractivity contribution in [1.29, 1.82) is 0 Å². The minimum Gasteiger partial charge on any atom is -1.00 e. The highest BCUT2D eigenvalue weighted by Gasteiger charge is 2.00. The first kappa shape index (κ1) is 13.1. The molecule has 0 rings (SSSR count). The highest BCUT2D eigenvalue weighted by Crippen LogP contribution is 1.89. The van der Waals surface area contributed by atoms with Crippen molar-refractivity contribution in [2.24, 2.45) is 0 Å². The zero-order valence-corrected chi connectivity index (χ0v) is 9.11. The molecule has 1 nitrogen and oxygen atoms in total. The summed E-state index contributed by atoms with van der Waals surface area (Å²) < 4.78 is 0.966. The SMILES string of the molecule is C[N+](C)(C)C/C=C\CCl.[Br-]. The van der Waals surface area contributed by atoms with Gasteiger partial charge in [-0.2, -0.15) is 0 Å². The number of hydrogen-bond acceptors (Lipinski definition) is 0. The molecular weight excluding hydrogens is 213 g/mol. The van der Waals surface area contributed by atoms with Crippen molar-refractivity contribution in [3.63, 3.8) is 0 Å². The molecule has 0 heterocycles. The lowest BCUT2D eigenvalue weighted by atomic mass is 10.4. The normalized spacial score (nSPS) is 11.6. The zero-order valence-electron chi connectivity index (χ0n) is 6.77. The van der Waals surface area contributed by atoms with Gasteiger partial charge in [0.1, 0.15) is 0 Å². The molecule has 0 bridgehead atoms. The molecule has 0 N–H and O–H groups in total. The maximum atomic E-state index is 5.44. The Labute approximate surface area is 79.0 Å². The van der Waals surface area contributed by atoms with Crippen molar-refractivity contribution in [3.05, 3.63) is 12.2 Å². The molecule has 0 aromatic carbocycles. The lowest BCUT2D eigenvalue weighted by molar-refractivity contribution is -0.864. The number of quaternary nitrogens is 1. The van der Waals surface area contributed by atoms with Gasteiger partial charge in [0.15, 0.2) is 0 Å². The molecule has 0 atom stereocenters. The Kier molecular flexibility index (Phi) is 8.11. The van der Waals surface area contributed by atoms with E-state index in [2.05, 4.69) is 27.2 Å². The molecule has 0 aromatic rings. The first-order chi connectivity index (χ1) is 4.06. The van der Waals surface area contributed by atoms with Gasteiger partial charge in [0, 0.05) is 5.88 Å². The van der Waals surface area contributed by atoms with E-state index in [4.69, 9.17) is 11.6 Å². The summed E-state index contributed by atoms with van der Waals surface area (Å²) in [6.07, 6.45) is 4.08. The molecule has 0 aromatic heterocycles. The third-order valence-corrected chi connectivity index (χ3v) is 1.09. The number of halogens is 2. The van der Waals surface area contributed by atoms with Crippen LogP contribution in [0.4, 0.5) is 0 Å². The van der Waals surface area contributed by atoms with Crippen LogP contribution < -0.4 is 17.0 Å². The molecule has 10 heavy (non-hydrogen) atoms. The van der Waals surface area contributed by atoms with Crippen LogP contribution in [0.3, 0.4) is 0 Å². The maximum Gasteiger partial charge on any atom is 0.0967 e. The first-order valence-corrected chi connectivity index (χ1v) is 3.61. The fourth-order valence-electron chi connectivity index (χ4n) is 0.454. The van der Waals surface area contributed by atoms with E-state index in [0.717, 1.165) is 11.0 Å². The second-order valence-electron chi connectivity index (χ2n) is 3.10. The zero-order chi connectivity index (χ0) is 7.33. The Hall–Kier alpha value is 0.470. The van der Waals surface area contributed by atoms with Crippen molar-refractivity contribution in [2.45, 2.75) is 0 Å². The summed E-state index contributed by atoms with van der Waals surface area (Å²) in [6.45, 7) is 1.05. The lowest BCUT2D eigenvalue weighted by Crippen LogP contribution is -3.00. The molecule has 0 amide bonds. The Morgan fingerprint density at radius 3 is 2.00 bits per heavy atom. The number of alkyl halides is 1. The molecular formula is C7H15BrClN. The maximum absolute atomic E-state index is 5.44. The second-order valence-corrected chi connectivity index (χ2v) is 3.41. The molecule has 0 spiro atoms. The third kappa shape index (κ3) is 11.3. The van der Waals surface area contributed by atoms with E-state index in [9.17, 15) is 0 Å². The van der Waals surface area contributed by atoms with Crippen LogP contribution in [0.25, 0.3) is 0 Å². The monoisotopic (exact) mass is 227 g/mol. The highest BCUT2D eigenvalue weighted by atomic mass is 79.9. The van der Waals surface area contributed by atoms with Crippen molar-refractivity contribution >= 4 is 11.6 Å². The van der Waals surface area contributed by atoms with Crippen LogP contribution in [0.5, 0.6) is 0 Å². The number of hydrogen-bond donors (Lipinski definition) is 0. The van der Waals surface area contributed by atoms with Gasteiger partial charge >= 0.3 is 0 Å². The molecule has 0 saturated heterocycles. The summed E-state index contributed by atoms with van der Waals surface area (Å²) in [4.78, 5) is 0. The van der Waals surface area contributed by atoms with Crippen LogP contribution in [0.15, 0.2) is 12.2 Å². The van der Waals surface area contributed by atoms with Crippen LogP contribution in [0.2, 0.25) is 0 Å². The summed E-state index contributed by atoms with van der Waals surface area (Å²) in [6, 6.07) is 0. The van der Waals surface area contributed by atoms with E-state index < -0.39 is 0 Å². The van der Waals surface area contributed by atoms with Crippen LogP contribution in [-0.2, 0) is 0 Å². The van der Waals surface area contributed by atoms with Gasteiger partial charge in [-0.3, -0.25) is 0 Å². The predicted octanol–water partition coefficient (Wildman–Crippen LogP) is -1.51. The third-order valence-electron chi connectivity index (χ3n) is 0.909. The largest absolute Gasteiger partial charge is 1.00 e. The van der Waals surface area contributed by atoms with Gasteiger partial charge in [-0.25, -0.2) is 0 Å². The summed E-state index contributed by atoms with van der Waals surface area (Å²) in [5.41, 5.74) is 0. The van der Waals surface area contributed by atoms with Gasteiger partial charge < -0.3 is 21.5 Å². The Morgan fingerprint density at radius 2 is 1.70 bits per heavy atom. The van der Waals surface area contributed by atoms with Crippen LogP contribution in [0, 0.1) is 0 Å². The van der Waals surface area contributed by atoms with E-state index >= 15 is 0 Å². The van der Waals surface area contributed by atoms with Crippen molar-refractivity contribution in [3.8, 4) is 0 Å². The van der Waals surface area contributed by atoms with E-state index in [1.54, 1.807) is 0 Å². The van der Waals surface area contributed by atoms with Crippen LogP contribution >= 0.6 is 11.6 Å². The van der Waals surface area contributed by atoms with E-state index in [0.29, 0.717) is 5.88 Å². The van der Waals surface area contributed by atoms with Gasteiger partial charge in [0.05, 0.1) is 27.7 Å². The topological polar surface area (TPSA) is 0 Å². The van der Waals surface area contributed by atoms with Gasteiger partial charge in [-0.1, -0.05) is 6.08 Å². The Balaban J connectivity index is 0. The number of allylic oxidation sites excluding steroid dienone is 1. The summed E-state index contributed by atoms with van der Waals surface area (Å²) in [5, 5.41) is 0. The summed E-state index contributed by atoms with van der Waals surface area (Å²) >= 11 is 5.44. The molecule has 0 aliphatic heterocycles. The van der Waals surface area contributed by atoms with Crippen molar-refractivity contribution in [2.75, 3.05) is 33.6 Å². The quantitative estimate of drug-likeness (QED) is 0.313. The standard InChI is InChI=1S/C7H15ClN.BrH/c1-9(2,3)7-5-4-6-8;/h4-5H,6-7H2,1-3H3;1H/q+1;/p-1/b5-4-;. The number of likely N-dealkylation sites (N-methyl/N-ethyl adjacent to an activating group) is 1. The molecule has 0 aliphatic rings. The average molecular weight is 229 g/mol. The molecule has 0 radical (unpaired) electrons. The Morgan fingerprint density at radius 1 is 1.20 bits per heavy atom. The minimum atomic E-state index is 0. The minimum absolute atomic E-state index is 0. The van der Waals surface area contributed by atoms with Gasteiger partial charge in [-0.05, 0) is 6.08 Å². The van der Waals surface area contributed by atoms with Crippen LogP contribution in [0.1, 0.15) is 0 Å². The number of nitrogens with zero attached hydrogens (tertiary/aromatic N) is 1. The van der Waals surface area contributed by atoms with Gasteiger partial charge in [0.25, 0.3) is 0 Å². The van der Waals surface area contributed by atoms with E-state index in [-0.39, 0.29) is 17.0 Å². The predicted molar refractivity (Wildman–Crippen MR) is 42.8 cm³/mol. The molecule has 0 unspecified atom stereocenters. The lowest BCUT2D eigenvalue weighted by Gasteiger charge is -2.21. The second kappa shape index (κ2) is 6.20.